The van der Waals surface area contributed by atoms with Crippen molar-refractivity contribution in [1.82, 2.24) is 4.72 Å². The Morgan fingerprint density at radius 3 is 2.33 bits per heavy atom. The second-order valence-electron chi connectivity index (χ2n) is 4.45. The largest absolute Gasteiger partial charge is 0.212 e. The van der Waals surface area contributed by atoms with E-state index in [0.29, 0.717) is 18.2 Å². The average molecular weight is 287 g/mol. The van der Waals surface area contributed by atoms with Crippen molar-refractivity contribution in [3.8, 4) is 0 Å². The fraction of sp³-hybridized carbons (Fsp3) is 0.538. The summed E-state index contributed by atoms with van der Waals surface area (Å²) in [6.45, 7) is 6.53. The Morgan fingerprint density at radius 2 is 1.83 bits per heavy atom. The van der Waals surface area contributed by atoms with Gasteiger partial charge in [0, 0.05) is 16.7 Å². The molecule has 102 valence electrons. The summed E-state index contributed by atoms with van der Waals surface area (Å²) in [6, 6.07) is 8.01. The molecule has 1 aromatic carbocycles. The van der Waals surface area contributed by atoms with Gasteiger partial charge in [0.05, 0.1) is 5.75 Å². The molecule has 0 radical (unpaired) electrons. The first-order chi connectivity index (χ1) is 8.43. The van der Waals surface area contributed by atoms with Gasteiger partial charge in [-0.3, -0.25) is 0 Å². The first-order valence-electron chi connectivity index (χ1n) is 6.16. The van der Waals surface area contributed by atoms with Crippen LogP contribution in [-0.4, -0.2) is 19.4 Å². The fourth-order valence-corrected chi connectivity index (χ4v) is 3.40. The van der Waals surface area contributed by atoms with Crippen molar-refractivity contribution in [3.05, 3.63) is 29.8 Å². The molecule has 0 unspecified atom stereocenters. The monoisotopic (exact) mass is 287 g/mol. The highest BCUT2D eigenvalue weighted by atomic mass is 32.2. The Balaban J connectivity index is 2.54. The number of benzene rings is 1. The Kier molecular flexibility index (Phi) is 6.18. The molecule has 18 heavy (non-hydrogen) atoms. The molecule has 0 saturated carbocycles. The molecule has 0 aliphatic rings. The molecule has 3 nitrogen and oxygen atoms in total. The molecule has 0 atom stereocenters. The lowest BCUT2D eigenvalue weighted by molar-refractivity contribution is 0.580. The number of nitrogens with one attached hydrogen (secondary N) is 1. The van der Waals surface area contributed by atoms with Crippen LogP contribution >= 0.6 is 11.8 Å². The molecule has 1 N–H and O–H groups in total. The summed E-state index contributed by atoms with van der Waals surface area (Å²) in [5.41, 5.74) is 0.989. The van der Waals surface area contributed by atoms with Gasteiger partial charge < -0.3 is 0 Å². The minimum atomic E-state index is -3.11. The maximum Gasteiger partial charge on any atom is 0.211 e. The van der Waals surface area contributed by atoms with Crippen LogP contribution in [0.1, 0.15) is 32.8 Å². The van der Waals surface area contributed by atoms with Crippen molar-refractivity contribution in [2.45, 2.75) is 43.9 Å². The molecule has 1 aromatic rings. The molecule has 0 amide bonds. The Bertz CT molecular complexity index is 452. The van der Waals surface area contributed by atoms with E-state index in [9.17, 15) is 8.42 Å². The van der Waals surface area contributed by atoms with Crippen molar-refractivity contribution in [2.24, 2.45) is 0 Å². The maximum atomic E-state index is 11.5. The van der Waals surface area contributed by atoms with Gasteiger partial charge in [-0.15, -0.1) is 11.8 Å². The van der Waals surface area contributed by atoms with Crippen LogP contribution in [-0.2, 0) is 16.6 Å². The molecule has 1 rings (SSSR count). The number of hydrogen-bond acceptors (Lipinski definition) is 3. The quantitative estimate of drug-likeness (QED) is 0.784. The van der Waals surface area contributed by atoms with Crippen molar-refractivity contribution in [1.29, 1.82) is 0 Å². The summed E-state index contributed by atoms with van der Waals surface area (Å²) >= 11 is 1.80. The summed E-state index contributed by atoms with van der Waals surface area (Å²) in [5, 5.41) is 0.555. The number of hydrogen-bond donors (Lipinski definition) is 1. The maximum absolute atomic E-state index is 11.5. The molecule has 0 aliphatic carbocycles. The second-order valence-corrected chi connectivity index (χ2v) is 8.03. The third-order valence-corrected chi connectivity index (χ3v) is 4.81. The van der Waals surface area contributed by atoms with E-state index >= 15 is 0 Å². The van der Waals surface area contributed by atoms with Crippen LogP contribution in [0.5, 0.6) is 0 Å². The SMILES string of the molecule is CCCS(=O)(=O)NCc1ccc(SC(C)C)cc1. The molecule has 0 aromatic heterocycles. The van der Waals surface area contributed by atoms with Gasteiger partial charge in [0.25, 0.3) is 0 Å². The summed E-state index contributed by atoms with van der Waals surface area (Å²) < 4.78 is 25.6. The topological polar surface area (TPSA) is 46.2 Å². The summed E-state index contributed by atoms with van der Waals surface area (Å²) in [4.78, 5) is 1.21. The van der Waals surface area contributed by atoms with Gasteiger partial charge in [0.15, 0.2) is 0 Å². The van der Waals surface area contributed by atoms with Crippen LogP contribution in [0, 0.1) is 0 Å². The van der Waals surface area contributed by atoms with Crippen molar-refractivity contribution in [2.75, 3.05) is 5.75 Å². The molecule has 0 bridgehead atoms. The minimum absolute atomic E-state index is 0.189. The van der Waals surface area contributed by atoms with E-state index in [1.807, 2.05) is 31.2 Å². The van der Waals surface area contributed by atoms with Crippen LogP contribution in [0.3, 0.4) is 0 Å². The molecule has 0 saturated heterocycles. The molecule has 0 heterocycles. The number of thioether (sulfide) groups is 1. The van der Waals surface area contributed by atoms with Gasteiger partial charge in [-0.25, -0.2) is 13.1 Å². The highest BCUT2D eigenvalue weighted by Gasteiger charge is 2.07. The highest BCUT2D eigenvalue weighted by molar-refractivity contribution is 7.99. The van der Waals surface area contributed by atoms with Gasteiger partial charge in [0.1, 0.15) is 0 Å². The van der Waals surface area contributed by atoms with Crippen LogP contribution in [0.2, 0.25) is 0 Å². The van der Waals surface area contributed by atoms with Gasteiger partial charge in [-0.05, 0) is 24.1 Å². The minimum Gasteiger partial charge on any atom is -0.212 e. The summed E-state index contributed by atoms with van der Waals surface area (Å²) in [6.07, 6.45) is 0.638. The van der Waals surface area contributed by atoms with E-state index < -0.39 is 10.0 Å². The zero-order chi connectivity index (χ0) is 13.6. The summed E-state index contributed by atoms with van der Waals surface area (Å²) in [7, 11) is -3.11. The van der Waals surface area contributed by atoms with Crippen LogP contribution in [0.4, 0.5) is 0 Å². The summed E-state index contributed by atoms with van der Waals surface area (Å²) in [5.74, 6) is 0.189. The van der Waals surface area contributed by atoms with Crippen molar-refractivity contribution in [3.63, 3.8) is 0 Å². The van der Waals surface area contributed by atoms with E-state index in [-0.39, 0.29) is 5.75 Å². The van der Waals surface area contributed by atoms with Crippen LogP contribution in [0.15, 0.2) is 29.2 Å². The van der Waals surface area contributed by atoms with Crippen molar-refractivity contribution < 1.29 is 8.42 Å². The number of rotatable bonds is 7. The average Bonchev–Trinajstić information content (AvgIpc) is 2.27. The van der Waals surface area contributed by atoms with E-state index in [4.69, 9.17) is 0 Å². The van der Waals surface area contributed by atoms with E-state index in [0.717, 1.165) is 5.56 Å². The van der Waals surface area contributed by atoms with E-state index in [1.54, 1.807) is 11.8 Å². The molecular formula is C13H21NO2S2. The first-order valence-corrected chi connectivity index (χ1v) is 8.69. The number of sulfonamides is 1. The van der Waals surface area contributed by atoms with Gasteiger partial charge >= 0.3 is 0 Å². The van der Waals surface area contributed by atoms with Crippen LogP contribution in [0.25, 0.3) is 0 Å². The smallest absolute Gasteiger partial charge is 0.211 e. The molecule has 5 heteroatoms. The van der Waals surface area contributed by atoms with E-state index in [2.05, 4.69) is 18.6 Å². The molecular weight excluding hydrogens is 266 g/mol. The molecule has 0 spiro atoms. The van der Waals surface area contributed by atoms with Gasteiger partial charge in [0.2, 0.25) is 10.0 Å². The second kappa shape index (κ2) is 7.16. The Hall–Kier alpha value is -0.520. The third-order valence-electron chi connectivity index (χ3n) is 2.26. The predicted molar refractivity (Wildman–Crippen MR) is 78.4 cm³/mol. The molecule has 0 fully saturated rings. The lowest BCUT2D eigenvalue weighted by Gasteiger charge is -2.08. The fourth-order valence-electron chi connectivity index (χ4n) is 1.49. The van der Waals surface area contributed by atoms with Crippen molar-refractivity contribution >= 4 is 21.8 Å². The van der Waals surface area contributed by atoms with Crippen LogP contribution < -0.4 is 4.72 Å². The lowest BCUT2D eigenvalue weighted by Crippen LogP contribution is -2.25. The van der Waals surface area contributed by atoms with Gasteiger partial charge in [-0.2, -0.15) is 0 Å². The third kappa shape index (κ3) is 5.89. The normalized spacial score (nSPS) is 12.0. The van der Waals surface area contributed by atoms with E-state index in [1.165, 1.54) is 4.90 Å². The lowest BCUT2D eigenvalue weighted by atomic mass is 10.2. The van der Waals surface area contributed by atoms with Gasteiger partial charge in [-0.1, -0.05) is 32.9 Å². The predicted octanol–water partition coefficient (Wildman–Crippen LogP) is 3.02. The Morgan fingerprint density at radius 1 is 1.22 bits per heavy atom. The zero-order valence-electron chi connectivity index (χ0n) is 11.1. The molecule has 0 aliphatic heterocycles. The first kappa shape index (κ1) is 15.5. The standard InChI is InChI=1S/C13H21NO2S2/c1-4-9-18(15,16)14-10-12-5-7-13(8-6-12)17-11(2)3/h5-8,11,14H,4,9-10H2,1-3H3. The zero-order valence-corrected chi connectivity index (χ0v) is 12.8. The highest BCUT2D eigenvalue weighted by Crippen LogP contribution is 2.22. The Labute approximate surface area is 114 Å².